The maximum Gasteiger partial charge on any atom is 0.231 e. The molecule has 0 aromatic carbocycles. The average Bonchev–Trinajstić information content (AvgIpc) is 2.56. The molecule has 1 atom stereocenters. The van der Waals surface area contributed by atoms with E-state index in [1.165, 1.54) is 4.88 Å². The minimum atomic E-state index is 0.0240. The highest BCUT2D eigenvalue weighted by Crippen LogP contribution is 2.17. The van der Waals surface area contributed by atoms with Gasteiger partial charge in [-0.1, -0.05) is 22.0 Å². The number of alkyl halides is 1. The highest BCUT2D eigenvalue weighted by molar-refractivity contribution is 9.09. The molecule has 12 heavy (non-hydrogen) atoms. The predicted octanol–water partition coefficient (Wildman–Crippen LogP) is 2.32. The van der Waals surface area contributed by atoms with E-state index in [2.05, 4.69) is 21.2 Å². The SMILES string of the molecule is CC(NC(=O)CBr)c1cccs1. The zero-order valence-corrected chi connectivity index (χ0v) is 9.11. The fourth-order valence-electron chi connectivity index (χ4n) is 0.889. The summed E-state index contributed by atoms with van der Waals surface area (Å²) >= 11 is 4.75. The summed E-state index contributed by atoms with van der Waals surface area (Å²) in [5.41, 5.74) is 0. The van der Waals surface area contributed by atoms with Gasteiger partial charge in [0, 0.05) is 4.88 Å². The van der Waals surface area contributed by atoms with Crippen molar-refractivity contribution in [3.05, 3.63) is 22.4 Å². The minimum absolute atomic E-state index is 0.0240. The Morgan fingerprint density at radius 2 is 2.58 bits per heavy atom. The molecule has 0 fully saturated rings. The fourth-order valence-corrected chi connectivity index (χ4v) is 1.79. The van der Waals surface area contributed by atoms with Crippen molar-refractivity contribution < 1.29 is 4.79 Å². The van der Waals surface area contributed by atoms with Crippen molar-refractivity contribution in [2.45, 2.75) is 13.0 Å². The largest absolute Gasteiger partial charge is 0.348 e. The van der Waals surface area contributed by atoms with Gasteiger partial charge in [-0.15, -0.1) is 11.3 Å². The van der Waals surface area contributed by atoms with Crippen LogP contribution >= 0.6 is 27.3 Å². The minimum Gasteiger partial charge on any atom is -0.348 e. The number of thiophene rings is 1. The van der Waals surface area contributed by atoms with Gasteiger partial charge in [-0.05, 0) is 18.4 Å². The van der Waals surface area contributed by atoms with E-state index >= 15 is 0 Å². The van der Waals surface area contributed by atoms with E-state index < -0.39 is 0 Å². The highest BCUT2D eigenvalue weighted by Gasteiger charge is 2.08. The lowest BCUT2D eigenvalue weighted by atomic mass is 10.3. The molecule has 1 aromatic heterocycles. The molecule has 1 rings (SSSR count). The van der Waals surface area contributed by atoms with Crippen LogP contribution in [-0.2, 0) is 4.79 Å². The van der Waals surface area contributed by atoms with Crippen LogP contribution in [0.5, 0.6) is 0 Å². The molecular formula is C8H10BrNOS. The topological polar surface area (TPSA) is 29.1 Å². The number of amides is 1. The van der Waals surface area contributed by atoms with Crippen LogP contribution in [0.2, 0.25) is 0 Å². The molecule has 0 radical (unpaired) electrons. The van der Waals surface area contributed by atoms with E-state index in [1.807, 2.05) is 24.4 Å². The first-order valence-electron chi connectivity index (χ1n) is 3.62. The normalized spacial score (nSPS) is 12.5. The van der Waals surface area contributed by atoms with Crippen molar-refractivity contribution in [3.8, 4) is 0 Å². The first kappa shape index (κ1) is 9.74. The van der Waals surface area contributed by atoms with Crippen LogP contribution < -0.4 is 5.32 Å². The lowest BCUT2D eigenvalue weighted by Gasteiger charge is -2.10. The van der Waals surface area contributed by atoms with E-state index in [9.17, 15) is 4.79 Å². The van der Waals surface area contributed by atoms with Crippen molar-refractivity contribution in [2.75, 3.05) is 5.33 Å². The second-order valence-corrected chi connectivity index (χ2v) is 3.98. The van der Waals surface area contributed by atoms with Crippen LogP contribution in [0.15, 0.2) is 17.5 Å². The quantitative estimate of drug-likeness (QED) is 0.817. The number of carbonyl (C=O) groups excluding carboxylic acids is 1. The summed E-state index contributed by atoms with van der Waals surface area (Å²) in [5, 5.41) is 5.23. The van der Waals surface area contributed by atoms with Gasteiger partial charge in [0.15, 0.2) is 0 Å². The molecule has 2 nitrogen and oxygen atoms in total. The van der Waals surface area contributed by atoms with Gasteiger partial charge >= 0.3 is 0 Å². The summed E-state index contributed by atoms with van der Waals surface area (Å²) in [6.07, 6.45) is 0. The summed E-state index contributed by atoms with van der Waals surface area (Å²) < 4.78 is 0. The molecule has 1 unspecified atom stereocenters. The van der Waals surface area contributed by atoms with Gasteiger partial charge in [0.2, 0.25) is 5.91 Å². The monoisotopic (exact) mass is 247 g/mol. The lowest BCUT2D eigenvalue weighted by molar-refractivity contribution is -0.119. The smallest absolute Gasteiger partial charge is 0.231 e. The Labute approximate surface area is 84.1 Å². The third kappa shape index (κ3) is 2.60. The van der Waals surface area contributed by atoms with E-state index in [0.29, 0.717) is 5.33 Å². The molecule has 0 bridgehead atoms. The Kier molecular flexibility index (Phi) is 3.75. The number of hydrogen-bond acceptors (Lipinski definition) is 2. The first-order chi connectivity index (χ1) is 5.74. The molecule has 0 aliphatic heterocycles. The molecule has 1 amide bonds. The summed E-state index contributed by atoms with van der Waals surface area (Å²) in [7, 11) is 0. The van der Waals surface area contributed by atoms with Crippen LogP contribution in [0.4, 0.5) is 0 Å². The Bertz CT molecular complexity index is 248. The van der Waals surface area contributed by atoms with Crippen LogP contribution in [0.25, 0.3) is 0 Å². The Hall–Kier alpha value is -0.350. The van der Waals surface area contributed by atoms with Crippen LogP contribution in [0, 0.1) is 0 Å². The fraction of sp³-hybridized carbons (Fsp3) is 0.375. The third-order valence-corrected chi connectivity index (χ3v) is 3.03. The van der Waals surface area contributed by atoms with Gasteiger partial charge in [0.05, 0.1) is 11.4 Å². The summed E-state index contributed by atoms with van der Waals surface area (Å²) in [5.74, 6) is 0.0240. The Morgan fingerprint density at radius 3 is 3.08 bits per heavy atom. The van der Waals surface area contributed by atoms with Gasteiger partial charge in [-0.3, -0.25) is 4.79 Å². The maximum atomic E-state index is 11.0. The molecule has 0 saturated heterocycles. The molecule has 0 spiro atoms. The number of carbonyl (C=O) groups is 1. The van der Waals surface area contributed by atoms with E-state index in [1.54, 1.807) is 11.3 Å². The summed E-state index contributed by atoms with van der Waals surface area (Å²) in [6, 6.07) is 4.12. The van der Waals surface area contributed by atoms with Crippen molar-refractivity contribution in [3.63, 3.8) is 0 Å². The number of hydrogen-bond donors (Lipinski definition) is 1. The maximum absolute atomic E-state index is 11.0. The van der Waals surface area contributed by atoms with E-state index in [4.69, 9.17) is 0 Å². The third-order valence-electron chi connectivity index (χ3n) is 1.47. The second kappa shape index (κ2) is 4.62. The molecule has 1 aromatic rings. The van der Waals surface area contributed by atoms with Gasteiger partial charge in [0.1, 0.15) is 0 Å². The van der Waals surface area contributed by atoms with Crippen LogP contribution in [0.1, 0.15) is 17.8 Å². The molecule has 66 valence electrons. The zero-order valence-electron chi connectivity index (χ0n) is 6.71. The first-order valence-corrected chi connectivity index (χ1v) is 5.63. The molecule has 0 aliphatic rings. The number of halogens is 1. The average molecular weight is 248 g/mol. The van der Waals surface area contributed by atoms with E-state index in [0.717, 1.165) is 0 Å². The Morgan fingerprint density at radius 1 is 1.83 bits per heavy atom. The van der Waals surface area contributed by atoms with Crippen molar-refractivity contribution >= 4 is 33.2 Å². The molecule has 4 heteroatoms. The summed E-state index contributed by atoms with van der Waals surface area (Å²) in [4.78, 5) is 12.1. The van der Waals surface area contributed by atoms with Gasteiger partial charge in [-0.2, -0.15) is 0 Å². The van der Waals surface area contributed by atoms with Gasteiger partial charge < -0.3 is 5.32 Å². The van der Waals surface area contributed by atoms with E-state index in [-0.39, 0.29) is 11.9 Å². The van der Waals surface area contributed by atoms with Gasteiger partial charge in [0.25, 0.3) is 0 Å². The lowest BCUT2D eigenvalue weighted by Crippen LogP contribution is -2.26. The standard InChI is InChI=1S/C8H10BrNOS/c1-6(10-8(11)5-9)7-3-2-4-12-7/h2-4,6H,5H2,1H3,(H,10,11). The number of rotatable bonds is 3. The van der Waals surface area contributed by atoms with Crippen molar-refractivity contribution in [1.82, 2.24) is 5.32 Å². The highest BCUT2D eigenvalue weighted by atomic mass is 79.9. The molecule has 0 saturated carbocycles. The zero-order chi connectivity index (χ0) is 8.97. The van der Waals surface area contributed by atoms with Crippen molar-refractivity contribution in [2.24, 2.45) is 0 Å². The molecular weight excluding hydrogens is 238 g/mol. The second-order valence-electron chi connectivity index (χ2n) is 2.44. The molecule has 0 aliphatic carbocycles. The van der Waals surface area contributed by atoms with Gasteiger partial charge in [-0.25, -0.2) is 0 Å². The predicted molar refractivity (Wildman–Crippen MR) is 54.7 cm³/mol. The molecule has 1 N–H and O–H groups in total. The number of nitrogens with one attached hydrogen (secondary N) is 1. The summed E-state index contributed by atoms with van der Waals surface area (Å²) in [6.45, 7) is 1.98. The Balaban J connectivity index is 2.49. The molecule has 1 heterocycles. The van der Waals surface area contributed by atoms with Crippen LogP contribution in [0.3, 0.4) is 0 Å². The van der Waals surface area contributed by atoms with Crippen molar-refractivity contribution in [1.29, 1.82) is 0 Å². The van der Waals surface area contributed by atoms with Crippen LogP contribution in [-0.4, -0.2) is 11.2 Å².